The fourth-order valence-electron chi connectivity index (χ4n) is 2.01. The second-order valence-electron chi connectivity index (χ2n) is 4.02. The first-order chi connectivity index (χ1) is 9.47. The summed E-state index contributed by atoms with van der Waals surface area (Å²) in [5, 5.41) is 0. The van der Waals surface area contributed by atoms with Gasteiger partial charge in [0.05, 0.1) is 6.67 Å². The maximum absolute atomic E-state index is 7.50. The highest BCUT2D eigenvalue weighted by molar-refractivity contribution is 5.75. The van der Waals surface area contributed by atoms with Gasteiger partial charge in [0, 0.05) is 29.2 Å². The monoisotopic (exact) mass is 229 g/mol. The SMILES string of the molecule is [2H]C([2H])([2H])c1cccc(N2CN(C)c3nccnc32)c1. The number of fused-ring (bicyclic) bond motifs is 1. The van der Waals surface area contributed by atoms with Gasteiger partial charge in [0.2, 0.25) is 0 Å². The van der Waals surface area contributed by atoms with E-state index in [2.05, 4.69) is 9.97 Å². The van der Waals surface area contributed by atoms with E-state index in [1.54, 1.807) is 30.6 Å². The van der Waals surface area contributed by atoms with Crippen molar-refractivity contribution in [1.82, 2.24) is 9.97 Å². The van der Waals surface area contributed by atoms with Gasteiger partial charge in [0.15, 0.2) is 11.6 Å². The molecule has 4 heteroatoms. The van der Waals surface area contributed by atoms with Gasteiger partial charge in [0.25, 0.3) is 0 Å². The molecule has 0 saturated carbocycles. The van der Waals surface area contributed by atoms with Crippen molar-refractivity contribution in [1.29, 1.82) is 0 Å². The van der Waals surface area contributed by atoms with Crippen molar-refractivity contribution in [2.45, 2.75) is 6.85 Å². The minimum Gasteiger partial charge on any atom is -0.338 e. The molecule has 0 bridgehead atoms. The molecule has 1 aliphatic rings. The van der Waals surface area contributed by atoms with Crippen LogP contribution >= 0.6 is 0 Å². The first-order valence-corrected chi connectivity index (χ1v) is 5.37. The van der Waals surface area contributed by atoms with E-state index in [0.717, 1.165) is 17.3 Å². The van der Waals surface area contributed by atoms with Gasteiger partial charge in [-0.3, -0.25) is 0 Å². The van der Waals surface area contributed by atoms with Crippen molar-refractivity contribution in [2.24, 2.45) is 0 Å². The van der Waals surface area contributed by atoms with E-state index >= 15 is 0 Å². The average molecular weight is 229 g/mol. The summed E-state index contributed by atoms with van der Waals surface area (Å²) in [5.74, 6) is 1.55. The van der Waals surface area contributed by atoms with Gasteiger partial charge in [-0.15, -0.1) is 0 Å². The molecule has 0 atom stereocenters. The molecule has 0 saturated heterocycles. The predicted octanol–water partition coefficient (Wildman–Crippen LogP) is 2.33. The minimum atomic E-state index is -2.10. The zero-order valence-electron chi connectivity index (χ0n) is 12.5. The highest BCUT2D eigenvalue weighted by atomic mass is 15.4. The van der Waals surface area contributed by atoms with Gasteiger partial charge in [0.1, 0.15) is 0 Å². The Bertz CT molecular complexity index is 642. The molecule has 0 radical (unpaired) electrons. The topological polar surface area (TPSA) is 32.3 Å². The van der Waals surface area contributed by atoms with Crippen molar-refractivity contribution < 1.29 is 4.11 Å². The van der Waals surface area contributed by atoms with Crippen LogP contribution in [0.3, 0.4) is 0 Å². The molecule has 1 aliphatic heterocycles. The van der Waals surface area contributed by atoms with Gasteiger partial charge < -0.3 is 9.80 Å². The summed E-state index contributed by atoms with van der Waals surface area (Å²) in [7, 11) is 1.93. The van der Waals surface area contributed by atoms with Crippen molar-refractivity contribution in [2.75, 3.05) is 23.5 Å². The van der Waals surface area contributed by atoms with Crippen LogP contribution in [0.5, 0.6) is 0 Å². The summed E-state index contributed by atoms with van der Waals surface area (Å²) in [4.78, 5) is 12.6. The molecule has 0 fully saturated rings. The van der Waals surface area contributed by atoms with Crippen LogP contribution in [0, 0.1) is 6.85 Å². The molecule has 1 aromatic carbocycles. The maximum Gasteiger partial charge on any atom is 0.178 e. The average Bonchev–Trinajstić information content (AvgIpc) is 2.76. The fourth-order valence-corrected chi connectivity index (χ4v) is 2.01. The predicted molar refractivity (Wildman–Crippen MR) is 68.6 cm³/mol. The van der Waals surface area contributed by atoms with Crippen LogP contribution in [0.2, 0.25) is 0 Å². The van der Waals surface area contributed by atoms with E-state index in [-0.39, 0.29) is 0 Å². The Morgan fingerprint density at radius 1 is 1.24 bits per heavy atom. The van der Waals surface area contributed by atoms with Crippen LogP contribution in [0.4, 0.5) is 17.3 Å². The van der Waals surface area contributed by atoms with Gasteiger partial charge in [-0.25, -0.2) is 9.97 Å². The van der Waals surface area contributed by atoms with Crippen molar-refractivity contribution in [3.8, 4) is 0 Å². The molecule has 0 spiro atoms. The first-order valence-electron chi connectivity index (χ1n) is 6.87. The Kier molecular flexibility index (Phi) is 1.60. The van der Waals surface area contributed by atoms with Gasteiger partial charge in [-0.05, 0) is 24.5 Å². The second-order valence-corrected chi connectivity index (χ2v) is 4.02. The lowest BCUT2D eigenvalue weighted by Gasteiger charge is -2.18. The lowest BCUT2D eigenvalue weighted by Crippen LogP contribution is -2.24. The Labute approximate surface area is 105 Å². The summed E-state index contributed by atoms with van der Waals surface area (Å²) >= 11 is 0. The second kappa shape index (κ2) is 3.73. The third-order valence-corrected chi connectivity index (χ3v) is 2.79. The lowest BCUT2D eigenvalue weighted by molar-refractivity contribution is 0.935. The van der Waals surface area contributed by atoms with Crippen molar-refractivity contribution in [3.05, 3.63) is 42.2 Å². The summed E-state index contributed by atoms with van der Waals surface area (Å²) in [6, 6.07) is 6.94. The number of nitrogens with zero attached hydrogens (tertiary/aromatic N) is 4. The van der Waals surface area contributed by atoms with E-state index in [1.165, 1.54) is 0 Å². The van der Waals surface area contributed by atoms with E-state index in [4.69, 9.17) is 4.11 Å². The Hall–Kier alpha value is -2.10. The Morgan fingerprint density at radius 3 is 2.88 bits per heavy atom. The standard InChI is InChI=1S/C13H14N4/c1-10-4-3-5-11(8-10)17-9-16(2)12-13(17)15-7-6-14-12/h3-8H,9H2,1-2H3/i1D3. The minimum absolute atomic E-state index is 0.329. The van der Waals surface area contributed by atoms with E-state index in [1.807, 2.05) is 22.9 Å². The van der Waals surface area contributed by atoms with Crippen molar-refractivity contribution in [3.63, 3.8) is 0 Å². The number of aryl methyl sites for hydroxylation is 1. The number of rotatable bonds is 1. The van der Waals surface area contributed by atoms with E-state index < -0.39 is 6.85 Å². The van der Waals surface area contributed by atoms with Crippen LogP contribution in [0.25, 0.3) is 0 Å². The molecular formula is C13H14N4. The Morgan fingerprint density at radius 2 is 2.06 bits per heavy atom. The van der Waals surface area contributed by atoms with Crippen LogP contribution in [-0.4, -0.2) is 23.7 Å². The number of aromatic nitrogens is 2. The highest BCUT2D eigenvalue weighted by Crippen LogP contribution is 2.35. The van der Waals surface area contributed by atoms with Crippen LogP contribution in [0.15, 0.2) is 36.7 Å². The van der Waals surface area contributed by atoms with E-state index in [0.29, 0.717) is 12.2 Å². The van der Waals surface area contributed by atoms with Crippen LogP contribution in [0.1, 0.15) is 9.68 Å². The highest BCUT2D eigenvalue weighted by Gasteiger charge is 2.26. The van der Waals surface area contributed by atoms with Crippen LogP contribution in [-0.2, 0) is 0 Å². The molecule has 0 amide bonds. The molecule has 2 aromatic rings. The first kappa shape index (κ1) is 7.27. The molecule has 1 aromatic heterocycles. The summed E-state index contributed by atoms with van der Waals surface area (Å²) in [6.07, 6.45) is 3.29. The number of benzene rings is 1. The molecule has 17 heavy (non-hydrogen) atoms. The van der Waals surface area contributed by atoms with E-state index in [9.17, 15) is 0 Å². The quantitative estimate of drug-likeness (QED) is 0.751. The zero-order chi connectivity index (χ0) is 14.3. The van der Waals surface area contributed by atoms with Gasteiger partial charge in [-0.1, -0.05) is 12.1 Å². The lowest BCUT2D eigenvalue weighted by atomic mass is 10.2. The largest absolute Gasteiger partial charge is 0.338 e. The maximum atomic E-state index is 7.50. The molecule has 4 nitrogen and oxygen atoms in total. The smallest absolute Gasteiger partial charge is 0.178 e. The van der Waals surface area contributed by atoms with Gasteiger partial charge >= 0.3 is 0 Å². The normalized spacial score (nSPS) is 17.4. The molecule has 86 valence electrons. The summed E-state index contributed by atoms with van der Waals surface area (Å²) < 4.78 is 22.5. The molecular weight excluding hydrogens is 212 g/mol. The zero-order valence-corrected chi connectivity index (χ0v) is 9.46. The third kappa shape index (κ3) is 1.62. The molecule has 2 heterocycles. The Balaban J connectivity index is 2.03. The molecule has 0 unspecified atom stereocenters. The fraction of sp³-hybridized carbons (Fsp3) is 0.231. The molecule has 3 rings (SSSR count). The number of hydrogen-bond acceptors (Lipinski definition) is 4. The number of hydrogen-bond donors (Lipinski definition) is 0. The van der Waals surface area contributed by atoms with Crippen molar-refractivity contribution >= 4 is 17.3 Å². The summed E-state index contributed by atoms with van der Waals surface area (Å²) in [6.45, 7) is -1.50. The third-order valence-electron chi connectivity index (χ3n) is 2.79. The summed E-state index contributed by atoms with van der Waals surface area (Å²) in [5.41, 5.74) is 1.14. The van der Waals surface area contributed by atoms with Crippen LogP contribution < -0.4 is 9.80 Å². The molecule has 0 N–H and O–H groups in total. The number of anilines is 3. The van der Waals surface area contributed by atoms with Gasteiger partial charge in [-0.2, -0.15) is 0 Å². The molecule has 0 aliphatic carbocycles.